The summed E-state index contributed by atoms with van der Waals surface area (Å²) in [6.45, 7) is 1.98. The zero-order chi connectivity index (χ0) is 9.90. The van der Waals surface area contributed by atoms with Crippen molar-refractivity contribution in [1.29, 1.82) is 5.26 Å². The minimum Gasteiger partial charge on any atom is -0.208 e. The van der Waals surface area contributed by atoms with Crippen molar-refractivity contribution in [3.8, 4) is 5.40 Å². The van der Waals surface area contributed by atoms with Crippen LogP contribution in [0.4, 0.5) is 0 Å². The van der Waals surface area contributed by atoms with Gasteiger partial charge in [0.05, 0.1) is 4.90 Å². The zero-order valence-corrected chi connectivity index (χ0v) is 8.00. The van der Waals surface area contributed by atoms with Crippen LogP contribution < -0.4 is 0 Å². The molecule has 0 aliphatic heterocycles. The molecule has 0 aliphatic carbocycles. The van der Waals surface area contributed by atoms with Crippen LogP contribution in [0.1, 0.15) is 12.5 Å². The largest absolute Gasteiger partial charge is 0.269 e. The van der Waals surface area contributed by atoms with Crippen LogP contribution in [-0.2, 0) is 16.3 Å². The Morgan fingerprint density at radius 2 is 1.85 bits per heavy atom. The summed E-state index contributed by atoms with van der Waals surface area (Å²) < 4.78 is 22.1. The fraction of sp³-hybridized carbons (Fsp3) is 0.222. The maximum atomic E-state index is 11.0. The second-order valence-corrected chi connectivity index (χ2v) is 4.25. The number of nitriles is 1. The summed E-state index contributed by atoms with van der Waals surface area (Å²) in [4.78, 5) is 0.0622. The third-order valence-corrected chi connectivity index (χ3v) is 2.90. The normalized spacial score (nSPS) is 10.8. The summed E-state index contributed by atoms with van der Waals surface area (Å²) in [5, 5.41) is 9.60. The van der Waals surface area contributed by atoms with Gasteiger partial charge in [-0.15, -0.1) is 0 Å². The van der Waals surface area contributed by atoms with Gasteiger partial charge in [0.2, 0.25) is 0 Å². The predicted octanol–water partition coefficient (Wildman–Crippen LogP) is 1.50. The molecule has 1 aromatic carbocycles. The lowest BCUT2D eigenvalue weighted by atomic mass is 10.2. The van der Waals surface area contributed by atoms with Crippen molar-refractivity contribution < 1.29 is 8.42 Å². The Bertz CT molecular complexity index is 426. The molecule has 0 aromatic heterocycles. The first-order valence-electron chi connectivity index (χ1n) is 3.85. The van der Waals surface area contributed by atoms with Crippen LogP contribution in [-0.4, -0.2) is 8.42 Å². The average molecular weight is 195 g/mol. The van der Waals surface area contributed by atoms with Gasteiger partial charge in [0.25, 0.3) is 9.84 Å². The smallest absolute Gasteiger partial charge is 0.208 e. The van der Waals surface area contributed by atoms with E-state index in [4.69, 9.17) is 5.26 Å². The molecule has 68 valence electrons. The van der Waals surface area contributed by atoms with Crippen molar-refractivity contribution in [3.05, 3.63) is 29.8 Å². The summed E-state index contributed by atoms with van der Waals surface area (Å²) in [6, 6.07) is 6.34. The zero-order valence-electron chi connectivity index (χ0n) is 7.19. The Morgan fingerprint density at radius 1 is 1.31 bits per heavy atom. The van der Waals surface area contributed by atoms with Gasteiger partial charge in [-0.1, -0.05) is 19.1 Å². The first kappa shape index (κ1) is 9.75. The van der Waals surface area contributed by atoms with E-state index in [1.165, 1.54) is 17.5 Å². The van der Waals surface area contributed by atoms with Crippen molar-refractivity contribution in [3.63, 3.8) is 0 Å². The van der Waals surface area contributed by atoms with Gasteiger partial charge in [-0.05, 0) is 24.1 Å². The second kappa shape index (κ2) is 3.58. The van der Waals surface area contributed by atoms with E-state index in [9.17, 15) is 8.42 Å². The first-order valence-corrected chi connectivity index (χ1v) is 5.33. The van der Waals surface area contributed by atoms with Crippen LogP contribution in [0.5, 0.6) is 0 Å². The van der Waals surface area contributed by atoms with E-state index in [0.29, 0.717) is 0 Å². The summed E-state index contributed by atoms with van der Waals surface area (Å²) in [5.41, 5.74) is 1.05. The van der Waals surface area contributed by atoms with Gasteiger partial charge in [-0.3, -0.25) is 0 Å². The molecule has 0 spiro atoms. The second-order valence-electron chi connectivity index (χ2n) is 2.59. The fourth-order valence-electron chi connectivity index (χ4n) is 0.957. The molecule has 0 heterocycles. The lowest BCUT2D eigenvalue weighted by Gasteiger charge is -1.97. The molecular formula is C9H9NO2S. The van der Waals surface area contributed by atoms with Crippen LogP contribution in [0.25, 0.3) is 0 Å². The molecule has 3 nitrogen and oxygen atoms in total. The van der Waals surface area contributed by atoms with E-state index in [0.717, 1.165) is 12.0 Å². The predicted molar refractivity (Wildman–Crippen MR) is 48.6 cm³/mol. The third-order valence-electron chi connectivity index (χ3n) is 1.76. The molecule has 0 radical (unpaired) electrons. The molecule has 0 aliphatic rings. The van der Waals surface area contributed by atoms with Crippen LogP contribution in [0, 0.1) is 10.7 Å². The standard InChI is InChI=1S/C9H9NO2S/c1-2-8-3-5-9(6-4-8)13(11,12)7-10/h3-6H,2H2,1H3. The van der Waals surface area contributed by atoms with Gasteiger partial charge < -0.3 is 0 Å². The minimum absolute atomic E-state index is 0.0622. The summed E-state index contributed by atoms with van der Waals surface area (Å²) in [7, 11) is -3.72. The molecule has 0 unspecified atom stereocenters. The SMILES string of the molecule is CCc1ccc(S(=O)(=O)C#N)cc1. The van der Waals surface area contributed by atoms with Crippen LogP contribution in [0.3, 0.4) is 0 Å². The van der Waals surface area contributed by atoms with E-state index in [-0.39, 0.29) is 4.90 Å². The molecule has 13 heavy (non-hydrogen) atoms. The Labute approximate surface area is 77.5 Å². The molecule has 0 saturated heterocycles. The molecule has 0 N–H and O–H groups in total. The van der Waals surface area contributed by atoms with Crippen LogP contribution in [0.2, 0.25) is 0 Å². The van der Waals surface area contributed by atoms with Gasteiger partial charge in [0, 0.05) is 0 Å². The number of sulfone groups is 1. The Hall–Kier alpha value is -1.34. The van der Waals surface area contributed by atoms with E-state index >= 15 is 0 Å². The highest BCUT2D eigenvalue weighted by atomic mass is 32.2. The van der Waals surface area contributed by atoms with Crippen molar-refractivity contribution in [2.45, 2.75) is 18.2 Å². The molecular weight excluding hydrogens is 186 g/mol. The van der Waals surface area contributed by atoms with E-state index in [2.05, 4.69) is 0 Å². The molecule has 0 saturated carbocycles. The van der Waals surface area contributed by atoms with Crippen molar-refractivity contribution in [2.75, 3.05) is 0 Å². The van der Waals surface area contributed by atoms with Gasteiger partial charge in [-0.25, -0.2) is 8.42 Å². The molecule has 0 atom stereocenters. The van der Waals surface area contributed by atoms with Crippen LogP contribution in [0.15, 0.2) is 29.2 Å². The number of rotatable bonds is 2. The molecule has 0 bridgehead atoms. The van der Waals surface area contributed by atoms with Gasteiger partial charge in [0.1, 0.15) is 0 Å². The van der Waals surface area contributed by atoms with E-state index < -0.39 is 9.84 Å². The molecule has 1 aromatic rings. The maximum Gasteiger partial charge on any atom is 0.269 e. The third kappa shape index (κ3) is 2.07. The van der Waals surface area contributed by atoms with E-state index in [1.807, 2.05) is 6.92 Å². The highest BCUT2D eigenvalue weighted by Gasteiger charge is 2.11. The quantitative estimate of drug-likeness (QED) is 0.530. The summed E-state index contributed by atoms with van der Waals surface area (Å²) in [5.74, 6) is 0. The molecule has 0 amide bonds. The lowest BCUT2D eigenvalue weighted by Crippen LogP contribution is -1.96. The molecule has 0 fully saturated rings. The fourth-order valence-corrected chi connectivity index (χ4v) is 1.56. The topological polar surface area (TPSA) is 57.9 Å². The molecule has 1 rings (SSSR count). The van der Waals surface area contributed by atoms with Gasteiger partial charge in [0.15, 0.2) is 5.40 Å². The Morgan fingerprint density at radius 3 is 2.23 bits per heavy atom. The van der Waals surface area contributed by atoms with Crippen molar-refractivity contribution in [1.82, 2.24) is 0 Å². The highest BCUT2D eigenvalue weighted by molar-refractivity contribution is 7.95. The van der Waals surface area contributed by atoms with Gasteiger partial charge in [-0.2, -0.15) is 5.26 Å². The number of benzene rings is 1. The number of hydrogen-bond donors (Lipinski definition) is 0. The molecule has 4 heteroatoms. The number of aryl methyl sites for hydroxylation is 1. The summed E-state index contributed by atoms with van der Waals surface area (Å²) in [6.07, 6.45) is 0.854. The van der Waals surface area contributed by atoms with Crippen molar-refractivity contribution in [2.24, 2.45) is 0 Å². The monoisotopic (exact) mass is 195 g/mol. The van der Waals surface area contributed by atoms with Gasteiger partial charge >= 0.3 is 0 Å². The number of hydrogen-bond acceptors (Lipinski definition) is 3. The average Bonchev–Trinajstić information content (AvgIpc) is 2.18. The Kier molecular flexibility index (Phi) is 2.69. The number of thiocyanates is 1. The maximum absolute atomic E-state index is 11.0. The first-order chi connectivity index (χ1) is 6.10. The van der Waals surface area contributed by atoms with E-state index in [1.54, 1.807) is 12.1 Å². The minimum atomic E-state index is -3.72. The summed E-state index contributed by atoms with van der Waals surface area (Å²) >= 11 is 0. The van der Waals surface area contributed by atoms with Crippen molar-refractivity contribution >= 4 is 9.84 Å². The van der Waals surface area contributed by atoms with Crippen LogP contribution >= 0.6 is 0 Å². The lowest BCUT2D eigenvalue weighted by molar-refractivity contribution is 0.605. The number of nitrogens with zero attached hydrogens (tertiary/aromatic N) is 1. The highest BCUT2D eigenvalue weighted by Crippen LogP contribution is 2.11. The Balaban J connectivity index is 3.16.